The normalized spacial score (nSPS) is 7.92. The Bertz CT molecular complexity index is 240. The number of hydrogen-bond acceptors (Lipinski definition) is 2. The van der Waals surface area contributed by atoms with Crippen LogP contribution in [0, 0.1) is 0 Å². The molecular formula is C8H10BClO2. The fourth-order valence-electron chi connectivity index (χ4n) is 0.634. The zero-order chi connectivity index (χ0) is 9.40. The first kappa shape index (κ1) is 11.2. The summed E-state index contributed by atoms with van der Waals surface area (Å²) in [5, 5.41) is 15.0. The van der Waals surface area contributed by atoms with Gasteiger partial charge in [0.25, 0.3) is 0 Å². The van der Waals surface area contributed by atoms with Gasteiger partial charge in [-0.2, -0.15) is 0 Å². The summed E-state index contributed by atoms with van der Waals surface area (Å²) in [7, 11) is -0.750. The first-order chi connectivity index (χ1) is 5.74. The third kappa shape index (κ3) is 4.96. The lowest BCUT2D eigenvalue weighted by atomic mass is 10.2. The van der Waals surface area contributed by atoms with Crippen molar-refractivity contribution in [1.29, 1.82) is 0 Å². The zero-order valence-corrected chi connectivity index (χ0v) is 7.33. The summed E-state index contributed by atoms with van der Waals surface area (Å²) in [4.78, 5) is 0. The first-order valence-electron chi connectivity index (χ1n) is 3.34. The summed E-state index contributed by atoms with van der Waals surface area (Å²) in [5.41, 5.74) is 1.06. The van der Waals surface area contributed by atoms with Crippen molar-refractivity contribution >= 4 is 25.4 Å². The molecule has 0 aliphatic heterocycles. The second-order valence-electron chi connectivity index (χ2n) is 1.90. The zero-order valence-electron chi connectivity index (χ0n) is 6.57. The molecule has 0 spiro atoms. The second kappa shape index (κ2) is 6.92. The molecule has 2 nitrogen and oxygen atoms in total. The molecule has 0 aliphatic carbocycles. The van der Waals surface area contributed by atoms with Crippen LogP contribution in [0.4, 0.5) is 0 Å². The van der Waals surface area contributed by atoms with Gasteiger partial charge >= 0.3 is 7.69 Å². The van der Waals surface area contributed by atoms with E-state index in [2.05, 4.69) is 6.58 Å². The summed E-state index contributed by atoms with van der Waals surface area (Å²) < 4.78 is 0. The Balaban J connectivity index is 0.000000354. The molecule has 0 atom stereocenters. The number of halogens is 1. The third-order valence-electron chi connectivity index (χ3n) is 1.08. The standard InChI is InChI=1S/C8H7Cl.BH3O2/c1-2-7-4-3-5-8(9)6-7;2-1-3/h2-6H,1H2;1-3H. The molecule has 0 bridgehead atoms. The minimum Gasteiger partial charge on any atom is -0.430 e. The van der Waals surface area contributed by atoms with Gasteiger partial charge in [0.15, 0.2) is 0 Å². The van der Waals surface area contributed by atoms with Gasteiger partial charge in [0.1, 0.15) is 0 Å². The van der Waals surface area contributed by atoms with Crippen molar-refractivity contribution in [2.24, 2.45) is 0 Å². The third-order valence-corrected chi connectivity index (χ3v) is 1.32. The molecule has 0 saturated carbocycles. The highest BCUT2D eigenvalue weighted by molar-refractivity contribution is 6.30. The van der Waals surface area contributed by atoms with Gasteiger partial charge in [0.05, 0.1) is 0 Å². The monoisotopic (exact) mass is 184 g/mol. The predicted octanol–water partition coefficient (Wildman–Crippen LogP) is 1.22. The molecule has 0 aliphatic rings. The number of hydrogen-bond donors (Lipinski definition) is 2. The van der Waals surface area contributed by atoms with Crippen molar-refractivity contribution in [2.75, 3.05) is 0 Å². The maximum atomic E-state index is 7.12. The van der Waals surface area contributed by atoms with Gasteiger partial charge in [-0.1, -0.05) is 36.4 Å². The summed E-state index contributed by atoms with van der Waals surface area (Å²) in [6.07, 6.45) is 1.77. The van der Waals surface area contributed by atoms with E-state index in [1.807, 2.05) is 24.3 Å². The van der Waals surface area contributed by atoms with Gasteiger partial charge in [-0.15, -0.1) is 0 Å². The molecule has 1 aromatic carbocycles. The van der Waals surface area contributed by atoms with Crippen molar-refractivity contribution in [3.63, 3.8) is 0 Å². The minimum absolute atomic E-state index is 0.750. The van der Waals surface area contributed by atoms with Crippen molar-refractivity contribution in [1.82, 2.24) is 0 Å². The molecule has 4 heteroatoms. The van der Waals surface area contributed by atoms with Crippen LogP contribution < -0.4 is 0 Å². The Hall–Kier alpha value is -0.765. The highest BCUT2D eigenvalue weighted by Crippen LogP contribution is 2.10. The van der Waals surface area contributed by atoms with Gasteiger partial charge in [-0.25, -0.2) is 0 Å². The van der Waals surface area contributed by atoms with Crippen LogP contribution in [0.2, 0.25) is 5.02 Å². The van der Waals surface area contributed by atoms with E-state index < -0.39 is 7.69 Å². The predicted molar refractivity (Wildman–Crippen MR) is 53.1 cm³/mol. The summed E-state index contributed by atoms with van der Waals surface area (Å²) in [6.45, 7) is 3.61. The lowest BCUT2D eigenvalue weighted by Crippen LogP contribution is -1.75. The van der Waals surface area contributed by atoms with Crippen LogP contribution in [-0.4, -0.2) is 17.7 Å². The summed E-state index contributed by atoms with van der Waals surface area (Å²) >= 11 is 5.68. The van der Waals surface area contributed by atoms with Crippen LogP contribution in [0.15, 0.2) is 30.8 Å². The quantitative estimate of drug-likeness (QED) is 0.644. The van der Waals surface area contributed by atoms with Crippen LogP contribution in [-0.2, 0) is 0 Å². The van der Waals surface area contributed by atoms with E-state index in [1.165, 1.54) is 0 Å². The second-order valence-corrected chi connectivity index (χ2v) is 2.34. The molecule has 2 N–H and O–H groups in total. The lowest BCUT2D eigenvalue weighted by molar-refractivity contribution is 0.448. The van der Waals surface area contributed by atoms with Crippen LogP contribution >= 0.6 is 11.6 Å². The molecule has 64 valence electrons. The largest absolute Gasteiger partial charge is 0.432 e. The number of benzene rings is 1. The topological polar surface area (TPSA) is 40.5 Å². The van der Waals surface area contributed by atoms with E-state index in [9.17, 15) is 0 Å². The Labute approximate surface area is 77.4 Å². The molecule has 0 radical (unpaired) electrons. The maximum absolute atomic E-state index is 7.12. The van der Waals surface area contributed by atoms with E-state index >= 15 is 0 Å². The van der Waals surface area contributed by atoms with Gasteiger partial charge in [0.2, 0.25) is 0 Å². The Morgan fingerprint density at radius 1 is 1.42 bits per heavy atom. The molecular weight excluding hydrogens is 174 g/mol. The Morgan fingerprint density at radius 2 is 2.00 bits per heavy atom. The SMILES string of the molecule is C=Cc1cccc(Cl)c1.OBO. The number of rotatable bonds is 1. The lowest BCUT2D eigenvalue weighted by Gasteiger charge is -1.90. The molecule has 0 aromatic heterocycles. The van der Waals surface area contributed by atoms with Gasteiger partial charge in [-0.3, -0.25) is 0 Å². The molecule has 0 unspecified atom stereocenters. The highest BCUT2D eigenvalue weighted by Gasteiger charge is 1.85. The van der Waals surface area contributed by atoms with Crippen LogP contribution in [0.5, 0.6) is 0 Å². The highest BCUT2D eigenvalue weighted by atomic mass is 35.5. The van der Waals surface area contributed by atoms with Crippen LogP contribution in [0.3, 0.4) is 0 Å². The molecule has 1 rings (SSSR count). The van der Waals surface area contributed by atoms with Gasteiger partial charge < -0.3 is 10.0 Å². The molecule has 0 heterocycles. The van der Waals surface area contributed by atoms with Crippen LogP contribution in [0.25, 0.3) is 6.08 Å². The maximum Gasteiger partial charge on any atom is 0.432 e. The average Bonchev–Trinajstić information content (AvgIpc) is 2.06. The van der Waals surface area contributed by atoms with E-state index in [-0.39, 0.29) is 0 Å². The minimum atomic E-state index is -0.750. The van der Waals surface area contributed by atoms with E-state index in [4.69, 9.17) is 21.6 Å². The molecule has 0 fully saturated rings. The first-order valence-corrected chi connectivity index (χ1v) is 3.72. The van der Waals surface area contributed by atoms with Crippen molar-refractivity contribution in [3.05, 3.63) is 41.4 Å². The Morgan fingerprint density at radius 3 is 2.33 bits per heavy atom. The molecule has 0 amide bonds. The van der Waals surface area contributed by atoms with E-state index in [0.29, 0.717) is 0 Å². The fraction of sp³-hybridized carbons (Fsp3) is 0. The summed E-state index contributed by atoms with van der Waals surface area (Å²) in [6, 6.07) is 7.57. The van der Waals surface area contributed by atoms with Crippen LogP contribution in [0.1, 0.15) is 5.56 Å². The van der Waals surface area contributed by atoms with Crippen molar-refractivity contribution in [3.8, 4) is 0 Å². The van der Waals surface area contributed by atoms with Gasteiger partial charge in [-0.05, 0) is 17.7 Å². The van der Waals surface area contributed by atoms with E-state index in [0.717, 1.165) is 10.6 Å². The smallest absolute Gasteiger partial charge is 0.430 e. The summed E-state index contributed by atoms with van der Waals surface area (Å²) in [5.74, 6) is 0. The molecule has 1 aromatic rings. The average molecular weight is 184 g/mol. The van der Waals surface area contributed by atoms with E-state index in [1.54, 1.807) is 6.08 Å². The van der Waals surface area contributed by atoms with Crippen molar-refractivity contribution in [2.45, 2.75) is 0 Å². The fourth-order valence-corrected chi connectivity index (χ4v) is 0.832. The van der Waals surface area contributed by atoms with Gasteiger partial charge in [0, 0.05) is 5.02 Å². The Kier molecular flexibility index (Phi) is 6.47. The molecule has 0 saturated heterocycles. The van der Waals surface area contributed by atoms with Crippen molar-refractivity contribution < 1.29 is 10.0 Å². The molecule has 12 heavy (non-hydrogen) atoms.